The molecule has 1 atom stereocenters. The highest BCUT2D eigenvalue weighted by atomic mass is 19.4. The van der Waals surface area contributed by atoms with Crippen LogP contribution < -0.4 is 17.0 Å². The van der Waals surface area contributed by atoms with Gasteiger partial charge in [-0.3, -0.25) is 18.5 Å². The maximum atomic E-state index is 13.6. The molecule has 1 unspecified atom stereocenters. The zero-order valence-corrected chi connectivity index (χ0v) is 19.1. The zero-order valence-electron chi connectivity index (χ0n) is 19.1. The first-order chi connectivity index (χ1) is 16.9. The van der Waals surface area contributed by atoms with Gasteiger partial charge >= 0.3 is 23.6 Å². The number of aryl methyl sites for hydroxylation is 1. The molecule has 0 radical (unpaired) electrons. The second-order valence-electron chi connectivity index (χ2n) is 8.18. The molecule has 0 bridgehead atoms. The first kappa shape index (κ1) is 24.8. The molecule has 2 heterocycles. The Morgan fingerprint density at radius 3 is 2.47 bits per heavy atom. The fraction of sp³-hybridized carbons (Fsp3) is 0.250. The molecule has 0 aliphatic carbocycles. The standard InChI is InChI=1S/C24H20F3N3O6/c1-3-5-17(13-6-4-7-14(10-13)24(25,26)27)30-20(31)16(21(32)33)12-29(22(30)34)15-8-9-18-19(11-15)36-23(35)28(18)2/h4,6-12,17H,3,5H2,1-2H3,(H,32,33). The summed E-state index contributed by atoms with van der Waals surface area (Å²) >= 11 is 0. The van der Waals surface area contributed by atoms with E-state index >= 15 is 0 Å². The largest absolute Gasteiger partial charge is 0.477 e. The number of carboxylic acids is 1. The summed E-state index contributed by atoms with van der Waals surface area (Å²) in [5.41, 5.74) is -3.17. The van der Waals surface area contributed by atoms with Crippen LogP contribution >= 0.6 is 0 Å². The van der Waals surface area contributed by atoms with Gasteiger partial charge in [-0.05, 0) is 36.2 Å². The number of fused-ring (bicyclic) bond motifs is 1. The van der Waals surface area contributed by atoms with Crippen molar-refractivity contribution in [3.05, 3.63) is 96.7 Å². The number of aromatic nitrogens is 3. The third-order valence-electron chi connectivity index (χ3n) is 5.88. The van der Waals surface area contributed by atoms with E-state index in [1.165, 1.54) is 35.9 Å². The average Bonchev–Trinajstić information content (AvgIpc) is 3.10. The SMILES string of the molecule is CCCC(c1cccc(C(F)(F)F)c1)n1c(=O)c(C(=O)O)cn(-c2ccc3c(c2)oc(=O)n3C)c1=O. The van der Waals surface area contributed by atoms with Gasteiger partial charge in [-0.15, -0.1) is 0 Å². The Bertz CT molecular complexity index is 1660. The van der Waals surface area contributed by atoms with Crippen molar-refractivity contribution >= 4 is 17.1 Å². The van der Waals surface area contributed by atoms with Crippen LogP contribution in [0.15, 0.2) is 67.5 Å². The van der Waals surface area contributed by atoms with Crippen LogP contribution in [0.5, 0.6) is 0 Å². The predicted octanol–water partition coefficient (Wildman–Crippen LogP) is 3.55. The molecule has 12 heteroatoms. The molecular weight excluding hydrogens is 483 g/mol. The van der Waals surface area contributed by atoms with Crippen molar-refractivity contribution in [3.8, 4) is 5.69 Å². The second kappa shape index (κ2) is 9.02. The van der Waals surface area contributed by atoms with Gasteiger partial charge in [-0.2, -0.15) is 13.2 Å². The van der Waals surface area contributed by atoms with Gasteiger partial charge in [0.1, 0.15) is 5.56 Å². The topological polar surface area (TPSA) is 116 Å². The number of aromatic carboxylic acids is 1. The van der Waals surface area contributed by atoms with E-state index in [4.69, 9.17) is 4.42 Å². The van der Waals surface area contributed by atoms with Crippen LogP contribution in [0.1, 0.15) is 47.3 Å². The molecule has 4 aromatic rings. The summed E-state index contributed by atoms with van der Waals surface area (Å²) in [6.45, 7) is 1.72. The van der Waals surface area contributed by atoms with Crippen LogP contribution in [0, 0.1) is 0 Å². The maximum absolute atomic E-state index is 13.6. The molecule has 2 aromatic heterocycles. The Morgan fingerprint density at radius 2 is 1.83 bits per heavy atom. The van der Waals surface area contributed by atoms with E-state index in [0.29, 0.717) is 16.5 Å². The van der Waals surface area contributed by atoms with E-state index in [1.807, 2.05) is 0 Å². The highest BCUT2D eigenvalue weighted by Crippen LogP contribution is 2.32. The van der Waals surface area contributed by atoms with E-state index in [9.17, 15) is 37.5 Å². The van der Waals surface area contributed by atoms with Crippen molar-refractivity contribution in [1.29, 1.82) is 0 Å². The molecule has 36 heavy (non-hydrogen) atoms. The fourth-order valence-electron chi connectivity index (χ4n) is 4.09. The lowest BCUT2D eigenvalue weighted by atomic mass is 9.99. The Kier molecular flexibility index (Phi) is 6.21. The number of oxazole rings is 1. The molecule has 0 amide bonds. The van der Waals surface area contributed by atoms with E-state index in [0.717, 1.165) is 29.0 Å². The second-order valence-corrected chi connectivity index (χ2v) is 8.18. The summed E-state index contributed by atoms with van der Waals surface area (Å²) in [7, 11) is 1.48. The first-order valence-electron chi connectivity index (χ1n) is 10.8. The van der Waals surface area contributed by atoms with Gasteiger partial charge in [0.15, 0.2) is 5.58 Å². The number of halogens is 3. The van der Waals surface area contributed by atoms with Crippen LogP contribution in [0.4, 0.5) is 13.2 Å². The molecule has 0 aliphatic heterocycles. The minimum atomic E-state index is -4.66. The smallest absolute Gasteiger partial charge is 0.419 e. The predicted molar refractivity (Wildman–Crippen MR) is 123 cm³/mol. The molecule has 188 valence electrons. The molecule has 0 fully saturated rings. The zero-order chi connectivity index (χ0) is 26.4. The number of hydrogen-bond acceptors (Lipinski definition) is 5. The molecule has 0 saturated carbocycles. The number of benzene rings is 2. The molecular formula is C24H20F3N3O6. The maximum Gasteiger partial charge on any atom is 0.419 e. The summed E-state index contributed by atoms with van der Waals surface area (Å²) in [5.74, 6) is -2.27. The Morgan fingerprint density at radius 1 is 1.11 bits per heavy atom. The lowest BCUT2D eigenvalue weighted by molar-refractivity contribution is -0.137. The molecule has 0 aliphatic rings. The van der Waals surface area contributed by atoms with Gasteiger partial charge in [-0.1, -0.05) is 25.5 Å². The van der Waals surface area contributed by atoms with Crippen LogP contribution in [0.25, 0.3) is 16.8 Å². The molecule has 0 saturated heterocycles. The summed E-state index contributed by atoms with van der Waals surface area (Å²) < 4.78 is 48.0. The van der Waals surface area contributed by atoms with Gasteiger partial charge in [0, 0.05) is 19.3 Å². The lowest BCUT2D eigenvalue weighted by Crippen LogP contribution is -2.44. The molecule has 0 spiro atoms. The highest BCUT2D eigenvalue weighted by Gasteiger charge is 2.32. The summed E-state index contributed by atoms with van der Waals surface area (Å²) in [6.07, 6.45) is -3.34. The van der Waals surface area contributed by atoms with E-state index in [2.05, 4.69) is 0 Å². The van der Waals surface area contributed by atoms with Crippen LogP contribution in [0.3, 0.4) is 0 Å². The molecule has 2 aromatic carbocycles. The van der Waals surface area contributed by atoms with Crippen molar-refractivity contribution in [1.82, 2.24) is 13.7 Å². The molecule has 9 nitrogen and oxygen atoms in total. The number of nitrogens with zero attached hydrogens (tertiary/aromatic N) is 3. The van der Waals surface area contributed by atoms with E-state index in [-0.39, 0.29) is 23.3 Å². The minimum Gasteiger partial charge on any atom is -0.477 e. The van der Waals surface area contributed by atoms with Crippen LogP contribution in [-0.2, 0) is 13.2 Å². The third-order valence-corrected chi connectivity index (χ3v) is 5.88. The number of hydrogen-bond donors (Lipinski definition) is 1. The first-order valence-corrected chi connectivity index (χ1v) is 10.8. The lowest BCUT2D eigenvalue weighted by Gasteiger charge is -2.22. The van der Waals surface area contributed by atoms with Gasteiger partial charge in [-0.25, -0.2) is 14.4 Å². The minimum absolute atomic E-state index is 0.0319. The van der Waals surface area contributed by atoms with Crippen molar-refractivity contribution in [2.24, 2.45) is 7.05 Å². The number of carbonyl (C=O) groups is 1. The van der Waals surface area contributed by atoms with E-state index in [1.54, 1.807) is 6.92 Å². The fourth-order valence-corrected chi connectivity index (χ4v) is 4.09. The van der Waals surface area contributed by atoms with Crippen LogP contribution in [-0.4, -0.2) is 24.8 Å². The van der Waals surface area contributed by atoms with Gasteiger partial charge in [0.25, 0.3) is 5.56 Å². The van der Waals surface area contributed by atoms with Crippen molar-refractivity contribution in [2.75, 3.05) is 0 Å². The number of alkyl halides is 3. The van der Waals surface area contributed by atoms with Crippen molar-refractivity contribution < 1.29 is 27.5 Å². The molecule has 4 rings (SSSR count). The number of rotatable bonds is 6. The van der Waals surface area contributed by atoms with Gasteiger partial charge < -0.3 is 9.52 Å². The van der Waals surface area contributed by atoms with E-state index < -0.39 is 46.3 Å². The highest BCUT2D eigenvalue weighted by molar-refractivity contribution is 5.87. The average molecular weight is 503 g/mol. The quantitative estimate of drug-likeness (QED) is 0.430. The van der Waals surface area contributed by atoms with Crippen molar-refractivity contribution in [2.45, 2.75) is 32.0 Å². The van der Waals surface area contributed by atoms with Crippen LogP contribution in [0.2, 0.25) is 0 Å². The van der Waals surface area contributed by atoms with Gasteiger partial charge in [0.2, 0.25) is 0 Å². The number of carboxylic acid groups (broad SMARTS) is 1. The normalized spacial score (nSPS) is 12.7. The molecule has 1 N–H and O–H groups in total. The summed E-state index contributed by atoms with van der Waals surface area (Å²) in [4.78, 5) is 50.4. The van der Waals surface area contributed by atoms with Crippen molar-refractivity contribution in [3.63, 3.8) is 0 Å². The Balaban J connectivity index is 2.01. The summed E-state index contributed by atoms with van der Waals surface area (Å²) in [6, 6.07) is 7.30. The Labute approximate surface area is 200 Å². The van der Waals surface area contributed by atoms with Gasteiger partial charge in [0.05, 0.1) is 22.8 Å². The Hall–Kier alpha value is -4.35. The third kappa shape index (κ3) is 4.25. The summed E-state index contributed by atoms with van der Waals surface area (Å²) in [5, 5.41) is 9.66. The monoisotopic (exact) mass is 503 g/mol.